The summed E-state index contributed by atoms with van der Waals surface area (Å²) in [6.45, 7) is 0. The van der Waals surface area contributed by atoms with Crippen LogP contribution in [0.15, 0.2) is 36.4 Å². The predicted molar refractivity (Wildman–Crippen MR) is 83.4 cm³/mol. The molecule has 2 aromatic carbocycles. The third-order valence-corrected chi connectivity index (χ3v) is 3.25. The standard InChI is InChI=1S/C14H10ClFN2O2S/c15-10-5-7(13(17)21)1-4-11(10)18-14(20)9-3-2-8(16)6-12(9)19/h1-6,19H,(H2,17,21)(H,18,20). The highest BCUT2D eigenvalue weighted by Crippen LogP contribution is 2.25. The third kappa shape index (κ3) is 3.48. The van der Waals surface area contributed by atoms with Crippen molar-refractivity contribution in [3.63, 3.8) is 0 Å². The van der Waals surface area contributed by atoms with Crippen LogP contribution in [0.5, 0.6) is 5.75 Å². The van der Waals surface area contributed by atoms with Gasteiger partial charge in [0.2, 0.25) is 0 Å². The van der Waals surface area contributed by atoms with Gasteiger partial charge in [-0.05, 0) is 30.3 Å². The Balaban J connectivity index is 2.25. The average molecular weight is 325 g/mol. The van der Waals surface area contributed by atoms with Gasteiger partial charge in [0.25, 0.3) is 5.91 Å². The number of hydrogen-bond donors (Lipinski definition) is 3. The molecule has 0 aliphatic rings. The first-order valence-electron chi connectivity index (χ1n) is 5.77. The van der Waals surface area contributed by atoms with Gasteiger partial charge in [0.15, 0.2) is 0 Å². The highest BCUT2D eigenvalue weighted by Gasteiger charge is 2.14. The summed E-state index contributed by atoms with van der Waals surface area (Å²) >= 11 is 10.8. The predicted octanol–water partition coefficient (Wildman–Crippen LogP) is 3.07. The van der Waals surface area contributed by atoms with Gasteiger partial charge in [-0.25, -0.2) is 4.39 Å². The zero-order valence-electron chi connectivity index (χ0n) is 10.6. The van der Waals surface area contributed by atoms with Gasteiger partial charge in [0.05, 0.1) is 16.3 Å². The van der Waals surface area contributed by atoms with Gasteiger partial charge in [0, 0.05) is 11.6 Å². The number of carbonyl (C=O) groups is 1. The van der Waals surface area contributed by atoms with Crippen LogP contribution in [0, 0.1) is 5.82 Å². The maximum atomic E-state index is 12.9. The molecule has 0 aromatic heterocycles. The Bertz CT molecular complexity index is 737. The van der Waals surface area contributed by atoms with Crippen molar-refractivity contribution in [3.05, 3.63) is 58.4 Å². The zero-order chi connectivity index (χ0) is 15.6. The van der Waals surface area contributed by atoms with Crippen LogP contribution in [0.2, 0.25) is 5.02 Å². The summed E-state index contributed by atoms with van der Waals surface area (Å²) in [4.78, 5) is 12.2. The maximum Gasteiger partial charge on any atom is 0.259 e. The summed E-state index contributed by atoms with van der Waals surface area (Å²) in [5.41, 5.74) is 6.30. The van der Waals surface area contributed by atoms with Crippen molar-refractivity contribution in [1.29, 1.82) is 0 Å². The molecule has 0 bridgehead atoms. The number of carbonyl (C=O) groups excluding carboxylic acids is 1. The fourth-order valence-electron chi connectivity index (χ4n) is 1.66. The Hall–Kier alpha value is -2.18. The molecule has 0 saturated heterocycles. The van der Waals surface area contributed by atoms with Crippen LogP contribution in [0.1, 0.15) is 15.9 Å². The van der Waals surface area contributed by atoms with E-state index in [1.165, 1.54) is 18.2 Å². The number of hydrogen-bond acceptors (Lipinski definition) is 3. The Kier molecular flexibility index (Phi) is 4.40. The molecule has 0 aliphatic heterocycles. The van der Waals surface area contributed by atoms with Crippen molar-refractivity contribution in [1.82, 2.24) is 0 Å². The number of rotatable bonds is 3. The molecule has 0 radical (unpaired) electrons. The third-order valence-electron chi connectivity index (χ3n) is 2.71. The van der Waals surface area contributed by atoms with Crippen LogP contribution in [-0.2, 0) is 0 Å². The lowest BCUT2D eigenvalue weighted by molar-refractivity contribution is 0.102. The molecule has 0 fully saturated rings. The summed E-state index contributed by atoms with van der Waals surface area (Å²) in [7, 11) is 0. The van der Waals surface area contributed by atoms with Gasteiger partial charge in [-0.1, -0.05) is 23.8 Å². The molecule has 108 valence electrons. The van der Waals surface area contributed by atoms with E-state index in [2.05, 4.69) is 5.32 Å². The minimum atomic E-state index is -0.636. The minimum absolute atomic E-state index is 0.0640. The number of anilines is 1. The minimum Gasteiger partial charge on any atom is -0.507 e. The molecule has 1 amide bonds. The maximum absolute atomic E-state index is 12.9. The second-order valence-corrected chi connectivity index (χ2v) is 5.02. The van der Waals surface area contributed by atoms with E-state index in [0.717, 1.165) is 12.1 Å². The largest absolute Gasteiger partial charge is 0.507 e. The normalized spacial score (nSPS) is 10.2. The molecule has 2 rings (SSSR count). The van der Waals surface area contributed by atoms with Crippen molar-refractivity contribution in [3.8, 4) is 5.75 Å². The quantitative estimate of drug-likeness (QED) is 0.758. The summed E-state index contributed by atoms with van der Waals surface area (Å²) < 4.78 is 12.9. The van der Waals surface area contributed by atoms with E-state index >= 15 is 0 Å². The highest BCUT2D eigenvalue weighted by atomic mass is 35.5. The number of phenols is 1. The molecule has 21 heavy (non-hydrogen) atoms. The average Bonchev–Trinajstić information content (AvgIpc) is 2.40. The highest BCUT2D eigenvalue weighted by molar-refractivity contribution is 7.80. The number of halogens is 2. The molecular weight excluding hydrogens is 315 g/mol. The first kappa shape index (κ1) is 15.2. The van der Waals surface area contributed by atoms with Crippen LogP contribution in [0.3, 0.4) is 0 Å². The van der Waals surface area contributed by atoms with Crippen molar-refractivity contribution < 1.29 is 14.3 Å². The second-order valence-electron chi connectivity index (χ2n) is 4.17. The monoisotopic (exact) mass is 324 g/mol. The number of nitrogens with one attached hydrogen (secondary N) is 1. The van der Waals surface area contributed by atoms with E-state index < -0.39 is 17.5 Å². The molecule has 0 aliphatic carbocycles. The molecule has 0 spiro atoms. The van der Waals surface area contributed by atoms with Gasteiger partial charge in [-0.3, -0.25) is 4.79 Å². The fourth-order valence-corrected chi connectivity index (χ4v) is 2.01. The van der Waals surface area contributed by atoms with Crippen LogP contribution in [0.25, 0.3) is 0 Å². The molecule has 0 saturated carbocycles. The van der Waals surface area contributed by atoms with E-state index in [9.17, 15) is 14.3 Å². The van der Waals surface area contributed by atoms with Crippen LogP contribution in [0.4, 0.5) is 10.1 Å². The lowest BCUT2D eigenvalue weighted by atomic mass is 10.1. The SMILES string of the molecule is NC(=S)c1ccc(NC(=O)c2ccc(F)cc2O)c(Cl)c1. The lowest BCUT2D eigenvalue weighted by Gasteiger charge is -2.09. The zero-order valence-corrected chi connectivity index (χ0v) is 12.1. The van der Waals surface area contributed by atoms with Crippen molar-refractivity contribution in [2.45, 2.75) is 0 Å². The fraction of sp³-hybridized carbons (Fsp3) is 0. The summed E-state index contributed by atoms with van der Waals surface area (Å²) in [6.07, 6.45) is 0. The number of thiocarbonyl (C=S) groups is 1. The van der Waals surface area contributed by atoms with Crippen molar-refractivity contribution in [2.24, 2.45) is 5.73 Å². The molecular formula is C14H10ClFN2O2S. The summed E-state index contributed by atoms with van der Waals surface area (Å²) in [5.74, 6) is -1.70. The number of phenolic OH excluding ortho intramolecular Hbond substituents is 1. The molecule has 7 heteroatoms. The molecule has 4 N–H and O–H groups in total. The van der Waals surface area contributed by atoms with Crippen molar-refractivity contribution in [2.75, 3.05) is 5.32 Å². The number of nitrogens with two attached hydrogens (primary N) is 1. The first-order chi connectivity index (χ1) is 9.88. The van der Waals surface area contributed by atoms with Gasteiger partial charge >= 0.3 is 0 Å². The molecule has 2 aromatic rings. The van der Waals surface area contributed by atoms with E-state index in [1.807, 2.05) is 0 Å². The summed E-state index contributed by atoms with van der Waals surface area (Å²) in [5, 5.41) is 12.3. The summed E-state index contributed by atoms with van der Waals surface area (Å²) in [6, 6.07) is 7.77. The molecule has 0 heterocycles. The number of benzene rings is 2. The van der Waals surface area contributed by atoms with Crippen LogP contribution < -0.4 is 11.1 Å². The van der Waals surface area contributed by atoms with Gasteiger partial charge in [0.1, 0.15) is 16.6 Å². The second kappa shape index (κ2) is 6.07. The van der Waals surface area contributed by atoms with Gasteiger partial charge < -0.3 is 16.2 Å². The van der Waals surface area contributed by atoms with Crippen LogP contribution >= 0.6 is 23.8 Å². The number of amides is 1. The Morgan fingerprint density at radius 1 is 1.29 bits per heavy atom. The molecule has 4 nitrogen and oxygen atoms in total. The topological polar surface area (TPSA) is 75.3 Å². The Labute approximate surface area is 130 Å². The first-order valence-corrected chi connectivity index (χ1v) is 6.56. The Morgan fingerprint density at radius 2 is 2.00 bits per heavy atom. The number of aromatic hydroxyl groups is 1. The lowest BCUT2D eigenvalue weighted by Crippen LogP contribution is -2.13. The molecule has 0 unspecified atom stereocenters. The van der Waals surface area contributed by atoms with Gasteiger partial charge in [-0.2, -0.15) is 0 Å². The smallest absolute Gasteiger partial charge is 0.259 e. The van der Waals surface area contributed by atoms with E-state index in [0.29, 0.717) is 11.3 Å². The van der Waals surface area contributed by atoms with Gasteiger partial charge in [-0.15, -0.1) is 0 Å². The van der Waals surface area contributed by atoms with E-state index in [-0.39, 0.29) is 15.6 Å². The van der Waals surface area contributed by atoms with E-state index in [1.54, 1.807) is 6.07 Å². The van der Waals surface area contributed by atoms with Crippen molar-refractivity contribution >= 4 is 40.4 Å². The molecule has 0 atom stereocenters. The van der Waals surface area contributed by atoms with E-state index in [4.69, 9.17) is 29.6 Å². The Morgan fingerprint density at radius 3 is 2.57 bits per heavy atom. The van der Waals surface area contributed by atoms with Crippen LogP contribution in [-0.4, -0.2) is 16.0 Å².